The van der Waals surface area contributed by atoms with E-state index in [0.29, 0.717) is 30.6 Å². The minimum Gasteiger partial charge on any atom is -0.342 e. The average molecular weight is 232 g/mol. The fourth-order valence-corrected chi connectivity index (χ4v) is 1.98. The fourth-order valence-electron chi connectivity index (χ4n) is 1.32. The number of carbonyl (C=O) groups excluding carboxylic acids is 1. The van der Waals surface area contributed by atoms with Crippen LogP contribution in [0, 0.1) is 0 Å². The summed E-state index contributed by atoms with van der Waals surface area (Å²) in [7, 11) is 1.12. The molecule has 5 heteroatoms. The molecule has 1 unspecified atom stereocenters. The Morgan fingerprint density at radius 1 is 1.53 bits per heavy atom. The highest BCUT2D eigenvalue weighted by Gasteiger charge is 2.28. The van der Waals surface area contributed by atoms with E-state index in [-0.39, 0.29) is 5.91 Å². The second kappa shape index (κ2) is 6.23. The number of rotatable bonds is 7. The predicted octanol–water partition coefficient (Wildman–Crippen LogP) is -0.0346. The molecule has 1 fully saturated rings. The van der Waals surface area contributed by atoms with Crippen LogP contribution in [0.3, 0.4) is 0 Å². The van der Waals surface area contributed by atoms with Crippen LogP contribution < -0.4 is 5.32 Å². The molecule has 0 aromatic rings. The molecular weight excluding hydrogens is 212 g/mol. The smallest absolute Gasteiger partial charge is 0.236 e. The van der Waals surface area contributed by atoms with Gasteiger partial charge in [0.15, 0.2) is 0 Å². The van der Waals surface area contributed by atoms with E-state index in [1.54, 1.807) is 0 Å². The third-order valence-electron chi connectivity index (χ3n) is 2.59. The number of nitrogens with one attached hydrogen (secondary N) is 1. The van der Waals surface area contributed by atoms with Crippen LogP contribution in [0.5, 0.6) is 0 Å². The van der Waals surface area contributed by atoms with Gasteiger partial charge in [0.2, 0.25) is 5.91 Å². The minimum atomic E-state index is -0.736. The Balaban J connectivity index is 2.03. The molecule has 1 N–H and O–H groups in total. The van der Waals surface area contributed by atoms with Crippen LogP contribution in [0.2, 0.25) is 0 Å². The van der Waals surface area contributed by atoms with E-state index in [4.69, 9.17) is 0 Å². The first-order valence-corrected chi connectivity index (χ1v) is 6.95. The van der Waals surface area contributed by atoms with Gasteiger partial charge in [0.05, 0.1) is 6.54 Å². The Labute approximate surface area is 93.9 Å². The molecule has 1 amide bonds. The van der Waals surface area contributed by atoms with E-state index in [2.05, 4.69) is 5.32 Å². The van der Waals surface area contributed by atoms with E-state index >= 15 is 0 Å². The monoisotopic (exact) mass is 232 g/mol. The Morgan fingerprint density at radius 3 is 2.73 bits per heavy atom. The molecule has 0 heterocycles. The van der Waals surface area contributed by atoms with Crippen LogP contribution in [-0.4, -0.2) is 52.7 Å². The first kappa shape index (κ1) is 12.6. The summed E-state index contributed by atoms with van der Waals surface area (Å²) in [4.78, 5) is 13.3. The van der Waals surface area contributed by atoms with Gasteiger partial charge in [-0.05, 0) is 12.8 Å². The van der Waals surface area contributed by atoms with E-state index < -0.39 is 10.8 Å². The number of likely N-dealkylation sites (N-methyl/N-ethyl adjacent to an activating group) is 1. The first-order valence-electron chi connectivity index (χ1n) is 5.46. The van der Waals surface area contributed by atoms with Gasteiger partial charge in [-0.2, -0.15) is 0 Å². The molecule has 4 nitrogen and oxygen atoms in total. The molecule has 1 rings (SSSR count). The third-order valence-corrected chi connectivity index (χ3v) is 3.90. The number of nitrogens with zero attached hydrogens (tertiary/aromatic N) is 1. The van der Waals surface area contributed by atoms with Crippen molar-refractivity contribution < 1.29 is 9.00 Å². The second-order valence-corrected chi connectivity index (χ2v) is 5.71. The maximum Gasteiger partial charge on any atom is 0.236 e. The zero-order valence-electron chi connectivity index (χ0n) is 9.49. The van der Waals surface area contributed by atoms with Crippen molar-refractivity contribution in [3.05, 3.63) is 0 Å². The molecule has 1 saturated carbocycles. The Kier molecular flexibility index (Phi) is 5.25. The Hall–Kier alpha value is -0.420. The fraction of sp³-hybridized carbons (Fsp3) is 0.900. The summed E-state index contributed by atoms with van der Waals surface area (Å²) in [6.45, 7) is 2.93. The maximum atomic E-state index is 11.5. The standard InChI is InChI=1S/C10H20N2O2S/c1-3-15(14)7-6-11-8-10(13)12(2)9-4-5-9/h9,11H,3-8H2,1-2H3. The normalized spacial score (nSPS) is 17.5. The molecule has 1 aliphatic rings. The Morgan fingerprint density at radius 2 is 2.20 bits per heavy atom. The predicted molar refractivity (Wildman–Crippen MR) is 62.2 cm³/mol. The van der Waals surface area contributed by atoms with Crippen molar-refractivity contribution >= 4 is 16.7 Å². The zero-order chi connectivity index (χ0) is 11.3. The third kappa shape index (κ3) is 4.75. The molecule has 1 atom stereocenters. The summed E-state index contributed by atoms with van der Waals surface area (Å²) in [5.41, 5.74) is 0. The van der Waals surface area contributed by atoms with Crippen LogP contribution in [0.15, 0.2) is 0 Å². The summed E-state index contributed by atoms with van der Waals surface area (Å²) in [6, 6.07) is 0.476. The number of hydrogen-bond acceptors (Lipinski definition) is 3. The lowest BCUT2D eigenvalue weighted by molar-refractivity contribution is -0.129. The largest absolute Gasteiger partial charge is 0.342 e. The first-order chi connectivity index (χ1) is 7.15. The molecule has 0 spiro atoms. The second-order valence-electron chi connectivity index (χ2n) is 3.85. The van der Waals surface area contributed by atoms with Crippen molar-refractivity contribution in [3.63, 3.8) is 0 Å². The summed E-state index contributed by atoms with van der Waals surface area (Å²) in [5.74, 6) is 1.47. The van der Waals surface area contributed by atoms with Gasteiger partial charge in [-0.15, -0.1) is 0 Å². The van der Waals surface area contributed by atoms with Crippen LogP contribution in [0.1, 0.15) is 19.8 Å². The number of amides is 1. The molecule has 1 aliphatic carbocycles. The average Bonchev–Trinajstić information content (AvgIpc) is 3.06. The van der Waals surface area contributed by atoms with Gasteiger partial charge < -0.3 is 10.2 Å². The molecule has 0 aliphatic heterocycles. The zero-order valence-corrected chi connectivity index (χ0v) is 10.3. The summed E-state index contributed by atoms with van der Waals surface area (Å²) in [5, 5.41) is 3.03. The van der Waals surface area contributed by atoms with Gasteiger partial charge in [0, 0.05) is 41.9 Å². The molecule has 15 heavy (non-hydrogen) atoms. The summed E-state index contributed by atoms with van der Waals surface area (Å²) in [6.07, 6.45) is 2.28. The van der Waals surface area contributed by atoms with Gasteiger partial charge in [0.1, 0.15) is 0 Å². The van der Waals surface area contributed by atoms with Crippen LogP contribution in [0.4, 0.5) is 0 Å². The van der Waals surface area contributed by atoms with Gasteiger partial charge in [-0.25, -0.2) is 0 Å². The quantitative estimate of drug-likeness (QED) is 0.627. The maximum absolute atomic E-state index is 11.5. The van der Waals surface area contributed by atoms with E-state index in [0.717, 1.165) is 12.8 Å². The van der Waals surface area contributed by atoms with Crippen molar-refractivity contribution in [1.29, 1.82) is 0 Å². The van der Waals surface area contributed by atoms with Crippen LogP contribution in [0.25, 0.3) is 0 Å². The van der Waals surface area contributed by atoms with Crippen molar-refractivity contribution in [1.82, 2.24) is 10.2 Å². The van der Waals surface area contributed by atoms with E-state index in [9.17, 15) is 9.00 Å². The van der Waals surface area contributed by atoms with Crippen molar-refractivity contribution in [2.75, 3.05) is 31.6 Å². The molecule has 0 radical (unpaired) electrons. The van der Waals surface area contributed by atoms with Gasteiger partial charge in [-0.3, -0.25) is 9.00 Å². The van der Waals surface area contributed by atoms with Crippen LogP contribution >= 0.6 is 0 Å². The lowest BCUT2D eigenvalue weighted by Gasteiger charge is -2.16. The number of carbonyl (C=O) groups is 1. The molecule has 0 saturated heterocycles. The number of hydrogen-bond donors (Lipinski definition) is 1. The lowest BCUT2D eigenvalue weighted by Crippen LogP contribution is -2.38. The van der Waals surface area contributed by atoms with Gasteiger partial charge >= 0.3 is 0 Å². The summed E-state index contributed by atoms with van der Waals surface area (Å²) >= 11 is 0. The van der Waals surface area contributed by atoms with Gasteiger partial charge in [0.25, 0.3) is 0 Å². The van der Waals surface area contributed by atoms with Crippen LogP contribution in [-0.2, 0) is 15.6 Å². The van der Waals surface area contributed by atoms with Gasteiger partial charge in [-0.1, -0.05) is 6.92 Å². The topological polar surface area (TPSA) is 49.4 Å². The molecule has 0 aromatic heterocycles. The lowest BCUT2D eigenvalue weighted by atomic mass is 10.4. The minimum absolute atomic E-state index is 0.139. The molecular formula is C10H20N2O2S. The molecule has 88 valence electrons. The van der Waals surface area contributed by atoms with Crippen molar-refractivity contribution in [2.24, 2.45) is 0 Å². The SMILES string of the molecule is CCS(=O)CCNCC(=O)N(C)C1CC1. The molecule has 0 aromatic carbocycles. The highest BCUT2D eigenvalue weighted by Crippen LogP contribution is 2.24. The van der Waals surface area contributed by atoms with Crippen molar-refractivity contribution in [2.45, 2.75) is 25.8 Å². The molecule has 0 bridgehead atoms. The summed E-state index contributed by atoms with van der Waals surface area (Å²) < 4.78 is 11.1. The van der Waals surface area contributed by atoms with Crippen molar-refractivity contribution in [3.8, 4) is 0 Å². The van der Waals surface area contributed by atoms with E-state index in [1.165, 1.54) is 0 Å². The van der Waals surface area contributed by atoms with E-state index in [1.807, 2.05) is 18.9 Å². The highest BCUT2D eigenvalue weighted by atomic mass is 32.2. The highest BCUT2D eigenvalue weighted by molar-refractivity contribution is 7.84. The Bertz CT molecular complexity index is 242.